The molecule has 0 saturated heterocycles. The molecule has 2 N–H and O–H groups in total. The Morgan fingerprint density at radius 3 is 2.95 bits per heavy atom. The highest BCUT2D eigenvalue weighted by Gasteiger charge is 2.25. The summed E-state index contributed by atoms with van der Waals surface area (Å²) in [5.74, 6) is 3.11. The van der Waals surface area contributed by atoms with Crippen LogP contribution in [0.4, 0.5) is 5.69 Å². The van der Waals surface area contributed by atoms with E-state index in [1.807, 2.05) is 12.1 Å². The van der Waals surface area contributed by atoms with Gasteiger partial charge in [-0.3, -0.25) is 0 Å². The Morgan fingerprint density at radius 1 is 1.33 bits per heavy atom. The van der Waals surface area contributed by atoms with Gasteiger partial charge in [0.2, 0.25) is 0 Å². The average molecular weight is 287 g/mol. The predicted molar refractivity (Wildman–Crippen MR) is 81.1 cm³/mol. The van der Waals surface area contributed by atoms with E-state index in [2.05, 4.69) is 17.1 Å². The monoisotopic (exact) mass is 287 g/mol. The van der Waals surface area contributed by atoms with Crippen molar-refractivity contribution in [1.29, 1.82) is 0 Å². The van der Waals surface area contributed by atoms with Gasteiger partial charge < -0.3 is 15.0 Å². The molecule has 1 fully saturated rings. The van der Waals surface area contributed by atoms with Crippen LogP contribution < -0.4 is 10.5 Å². The second-order valence-corrected chi connectivity index (χ2v) is 5.89. The van der Waals surface area contributed by atoms with Crippen molar-refractivity contribution in [2.75, 3.05) is 12.8 Å². The van der Waals surface area contributed by atoms with Crippen LogP contribution in [0.25, 0.3) is 11.5 Å². The Bertz CT molecular complexity index is 624. The molecule has 21 heavy (non-hydrogen) atoms. The highest BCUT2D eigenvalue weighted by atomic mass is 16.5. The van der Waals surface area contributed by atoms with Crippen LogP contribution in [0.1, 0.15) is 44.3 Å². The third-order valence-electron chi connectivity index (χ3n) is 4.20. The van der Waals surface area contributed by atoms with Gasteiger partial charge in [-0.1, -0.05) is 24.9 Å². The highest BCUT2D eigenvalue weighted by molar-refractivity contribution is 5.66. The molecule has 0 radical (unpaired) electrons. The minimum absolute atomic E-state index is 0.408. The summed E-state index contributed by atoms with van der Waals surface area (Å²) in [6.45, 7) is 2.29. The van der Waals surface area contributed by atoms with Gasteiger partial charge >= 0.3 is 0 Å². The number of methoxy groups -OCH3 is 1. The quantitative estimate of drug-likeness (QED) is 0.873. The largest absolute Gasteiger partial charge is 0.496 e. The van der Waals surface area contributed by atoms with Crippen molar-refractivity contribution in [1.82, 2.24) is 10.1 Å². The number of anilines is 1. The minimum atomic E-state index is 0.408. The van der Waals surface area contributed by atoms with Crippen molar-refractivity contribution < 1.29 is 9.26 Å². The van der Waals surface area contributed by atoms with E-state index in [9.17, 15) is 0 Å². The van der Waals surface area contributed by atoms with Gasteiger partial charge in [-0.15, -0.1) is 0 Å². The maximum absolute atomic E-state index is 5.77. The molecule has 2 unspecified atom stereocenters. The van der Waals surface area contributed by atoms with Gasteiger partial charge in [0.05, 0.1) is 12.7 Å². The summed E-state index contributed by atoms with van der Waals surface area (Å²) in [5, 5.41) is 4.18. The van der Waals surface area contributed by atoms with Crippen LogP contribution in [0.5, 0.6) is 5.75 Å². The molecule has 0 spiro atoms. The molecule has 1 aliphatic rings. The topological polar surface area (TPSA) is 74.2 Å². The third kappa shape index (κ3) is 2.86. The highest BCUT2D eigenvalue weighted by Crippen LogP contribution is 2.36. The molecule has 112 valence electrons. The van der Waals surface area contributed by atoms with Crippen LogP contribution >= 0.6 is 0 Å². The molecule has 0 amide bonds. The summed E-state index contributed by atoms with van der Waals surface area (Å²) in [7, 11) is 1.61. The molecule has 1 aromatic carbocycles. The summed E-state index contributed by atoms with van der Waals surface area (Å²) < 4.78 is 10.8. The number of benzene rings is 1. The van der Waals surface area contributed by atoms with E-state index in [-0.39, 0.29) is 0 Å². The van der Waals surface area contributed by atoms with E-state index >= 15 is 0 Å². The van der Waals surface area contributed by atoms with Gasteiger partial charge in [0, 0.05) is 17.7 Å². The molecular formula is C16H21N3O2. The lowest BCUT2D eigenvalue weighted by molar-refractivity contribution is 0.324. The van der Waals surface area contributed by atoms with E-state index in [0.717, 1.165) is 30.1 Å². The molecule has 1 aliphatic carbocycles. The van der Waals surface area contributed by atoms with Gasteiger partial charge in [-0.25, -0.2) is 0 Å². The third-order valence-corrected chi connectivity index (χ3v) is 4.20. The Morgan fingerprint density at radius 2 is 2.19 bits per heavy atom. The van der Waals surface area contributed by atoms with Crippen LogP contribution in [-0.4, -0.2) is 17.3 Å². The van der Waals surface area contributed by atoms with Crippen molar-refractivity contribution >= 4 is 5.69 Å². The molecule has 0 bridgehead atoms. The number of hydrogen-bond donors (Lipinski definition) is 1. The molecule has 3 rings (SSSR count). The van der Waals surface area contributed by atoms with Crippen molar-refractivity contribution in [2.45, 2.75) is 38.5 Å². The molecule has 1 saturated carbocycles. The first-order valence-corrected chi connectivity index (χ1v) is 7.45. The van der Waals surface area contributed by atoms with Gasteiger partial charge in [0.15, 0.2) is 5.82 Å². The number of hydrogen-bond acceptors (Lipinski definition) is 5. The Labute approximate surface area is 124 Å². The molecule has 1 heterocycles. The Hall–Kier alpha value is -2.04. The van der Waals surface area contributed by atoms with Gasteiger partial charge in [-0.05, 0) is 30.9 Å². The number of aromatic nitrogens is 2. The number of nitrogens with two attached hydrogens (primary N) is 1. The zero-order chi connectivity index (χ0) is 14.8. The van der Waals surface area contributed by atoms with E-state index in [1.165, 1.54) is 12.8 Å². The molecule has 5 nitrogen and oxygen atoms in total. The average Bonchev–Trinajstić information content (AvgIpc) is 2.96. The maximum atomic E-state index is 5.77. The predicted octanol–water partition coefficient (Wildman–Crippen LogP) is 3.62. The molecule has 0 aliphatic heterocycles. The van der Waals surface area contributed by atoms with E-state index < -0.39 is 0 Å². The molecule has 2 aromatic rings. The van der Waals surface area contributed by atoms with Crippen molar-refractivity contribution in [3.8, 4) is 17.2 Å². The second kappa shape index (κ2) is 5.76. The summed E-state index contributed by atoms with van der Waals surface area (Å²) >= 11 is 0. The fourth-order valence-electron chi connectivity index (χ4n) is 3.06. The first kappa shape index (κ1) is 13.9. The normalized spacial score (nSPS) is 22.2. The summed E-state index contributed by atoms with van der Waals surface area (Å²) in [6, 6.07) is 5.43. The second-order valence-electron chi connectivity index (χ2n) is 5.89. The lowest BCUT2D eigenvalue weighted by atomic mass is 9.82. The summed E-state index contributed by atoms with van der Waals surface area (Å²) in [6.07, 6.45) is 4.81. The van der Waals surface area contributed by atoms with Gasteiger partial charge in [0.1, 0.15) is 5.75 Å². The van der Waals surface area contributed by atoms with Crippen LogP contribution in [0.2, 0.25) is 0 Å². The van der Waals surface area contributed by atoms with Gasteiger partial charge in [-0.2, -0.15) is 4.98 Å². The fourth-order valence-corrected chi connectivity index (χ4v) is 3.06. The van der Waals surface area contributed by atoms with E-state index in [4.69, 9.17) is 15.0 Å². The fraction of sp³-hybridized carbons (Fsp3) is 0.500. The number of nitrogen functional groups attached to an aromatic ring is 1. The van der Waals surface area contributed by atoms with Crippen LogP contribution in [0.3, 0.4) is 0 Å². The van der Waals surface area contributed by atoms with E-state index in [0.29, 0.717) is 23.2 Å². The van der Waals surface area contributed by atoms with Gasteiger partial charge in [0.25, 0.3) is 5.89 Å². The lowest BCUT2D eigenvalue weighted by Gasteiger charge is -2.23. The van der Waals surface area contributed by atoms with Crippen molar-refractivity contribution in [3.63, 3.8) is 0 Å². The van der Waals surface area contributed by atoms with E-state index in [1.54, 1.807) is 13.2 Å². The molecule has 5 heteroatoms. The molecular weight excluding hydrogens is 266 g/mol. The standard InChI is InChI=1S/C16H21N3O2/c1-10-4-3-5-11(8-10)15-18-16(21-19-15)13-7-6-12(17)9-14(13)20-2/h6-7,9-11H,3-5,8,17H2,1-2H3. The minimum Gasteiger partial charge on any atom is -0.496 e. The number of nitrogens with zero attached hydrogens (tertiary/aromatic N) is 2. The first-order chi connectivity index (χ1) is 10.2. The summed E-state index contributed by atoms with van der Waals surface area (Å²) in [5.41, 5.74) is 7.21. The lowest BCUT2D eigenvalue weighted by Crippen LogP contribution is -2.12. The van der Waals surface area contributed by atoms with Crippen molar-refractivity contribution in [3.05, 3.63) is 24.0 Å². The first-order valence-electron chi connectivity index (χ1n) is 7.45. The SMILES string of the molecule is COc1cc(N)ccc1-c1nc(C2CCCC(C)C2)no1. The van der Waals surface area contributed by atoms with Crippen molar-refractivity contribution in [2.24, 2.45) is 5.92 Å². The number of rotatable bonds is 3. The van der Waals surface area contributed by atoms with Crippen LogP contribution in [0.15, 0.2) is 22.7 Å². The zero-order valence-corrected chi connectivity index (χ0v) is 12.5. The maximum Gasteiger partial charge on any atom is 0.261 e. The number of ether oxygens (including phenoxy) is 1. The summed E-state index contributed by atoms with van der Waals surface area (Å²) in [4.78, 5) is 4.58. The zero-order valence-electron chi connectivity index (χ0n) is 12.5. The Balaban J connectivity index is 1.88. The molecule has 1 aromatic heterocycles. The van der Waals surface area contributed by atoms with Crippen LogP contribution in [0, 0.1) is 5.92 Å². The Kier molecular flexibility index (Phi) is 3.82. The van der Waals surface area contributed by atoms with Crippen LogP contribution in [-0.2, 0) is 0 Å². The molecule has 2 atom stereocenters. The smallest absolute Gasteiger partial charge is 0.261 e.